The Bertz CT molecular complexity index is 885. The predicted octanol–water partition coefficient (Wildman–Crippen LogP) is 2.52. The van der Waals surface area contributed by atoms with Crippen LogP contribution in [-0.4, -0.2) is 41.2 Å². The molecule has 0 spiro atoms. The topological polar surface area (TPSA) is 101 Å². The maximum absolute atomic E-state index is 12.6. The van der Waals surface area contributed by atoms with Crippen LogP contribution in [0.1, 0.15) is 16.1 Å². The Hall–Kier alpha value is -3.06. The Kier molecular flexibility index (Phi) is 5.93. The minimum absolute atomic E-state index is 0.0419. The number of halogens is 1. The van der Waals surface area contributed by atoms with Crippen LogP contribution in [0.25, 0.3) is 0 Å². The number of benzene rings is 1. The molecule has 0 aliphatic carbocycles. The first-order valence-corrected chi connectivity index (χ1v) is 8.71. The first-order valence-electron chi connectivity index (χ1n) is 8.34. The smallest absolute Gasteiger partial charge is 0.326 e. The molecule has 7 nitrogen and oxygen atoms in total. The van der Waals surface area contributed by atoms with Gasteiger partial charge >= 0.3 is 5.97 Å². The number of hydrogen-bond acceptors (Lipinski definition) is 5. The molecule has 0 saturated carbocycles. The zero-order valence-corrected chi connectivity index (χ0v) is 15.1. The quantitative estimate of drug-likeness (QED) is 0.650. The highest BCUT2D eigenvalue weighted by Gasteiger charge is 2.23. The summed E-state index contributed by atoms with van der Waals surface area (Å²) < 4.78 is 5.58. The van der Waals surface area contributed by atoms with Gasteiger partial charge in [0.25, 0.3) is 5.91 Å². The highest BCUT2D eigenvalue weighted by Crippen LogP contribution is 2.22. The van der Waals surface area contributed by atoms with E-state index in [0.29, 0.717) is 30.4 Å². The van der Waals surface area contributed by atoms with Gasteiger partial charge in [0.15, 0.2) is 0 Å². The molecule has 2 aromatic rings. The molecule has 8 heteroatoms. The number of carbonyl (C=O) groups is 2. The molecule has 3 rings (SSSR count). The van der Waals surface area contributed by atoms with Crippen molar-refractivity contribution in [2.75, 3.05) is 18.5 Å². The number of carboxylic acid groups (broad SMARTS) is 1. The number of nitrogens with zero attached hydrogens (tertiary/aromatic N) is 1. The van der Waals surface area contributed by atoms with Crippen molar-refractivity contribution in [3.05, 3.63) is 64.8 Å². The normalized spacial score (nSPS) is 18.6. The number of nitrogens with one attached hydrogen (secondary N) is 2. The van der Waals surface area contributed by atoms with E-state index in [2.05, 4.69) is 15.6 Å². The van der Waals surface area contributed by atoms with Crippen molar-refractivity contribution >= 4 is 29.3 Å². The van der Waals surface area contributed by atoms with Crippen LogP contribution in [-0.2, 0) is 11.2 Å². The van der Waals surface area contributed by atoms with Gasteiger partial charge in [0.05, 0.1) is 10.6 Å². The summed E-state index contributed by atoms with van der Waals surface area (Å²) >= 11 is 6.11. The van der Waals surface area contributed by atoms with Crippen LogP contribution < -0.4 is 15.4 Å². The summed E-state index contributed by atoms with van der Waals surface area (Å²) in [7, 11) is 0. The molecule has 2 heterocycles. The average Bonchev–Trinajstić information content (AvgIpc) is 2.64. The van der Waals surface area contributed by atoms with E-state index in [1.807, 2.05) is 12.2 Å². The molecule has 1 aliphatic rings. The lowest BCUT2D eigenvalue weighted by Crippen LogP contribution is -2.42. The molecule has 1 atom stereocenters. The van der Waals surface area contributed by atoms with Crippen LogP contribution in [0.5, 0.6) is 5.75 Å². The van der Waals surface area contributed by atoms with Gasteiger partial charge in [-0.1, -0.05) is 23.7 Å². The summed E-state index contributed by atoms with van der Waals surface area (Å²) in [6.45, 7) is 0.861. The third-order valence-electron chi connectivity index (χ3n) is 3.92. The van der Waals surface area contributed by atoms with Crippen molar-refractivity contribution in [3.8, 4) is 5.75 Å². The Morgan fingerprint density at radius 3 is 2.93 bits per heavy atom. The van der Waals surface area contributed by atoms with Crippen molar-refractivity contribution in [2.45, 2.75) is 12.5 Å². The van der Waals surface area contributed by atoms with E-state index in [1.165, 1.54) is 6.07 Å². The lowest BCUT2D eigenvalue weighted by Gasteiger charge is -2.16. The van der Waals surface area contributed by atoms with Gasteiger partial charge in [0.2, 0.25) is 0 Å². The van der Waals surface area contributed by atoms with Gasteiger partial charge in [-0.3, -0.25) is 4.79 Å². The fourth-order valence-electron chi connectivity index (χ4n) is 2.56. The van der Waals surface area contributed by atoms with E-state index in [1.54, 1.807) is 30.3 Å². The van der Waals surface area contributed by atoms with Crippen molar-refractivity contribution in [3.63, 3.8) is 0 Å². The minimum Gasteiger partial charge on any atom is -0.490 e. The standard InChI is InChI=1S/C19H18ClN3O4/c20-15-7-6-13-11-14(15)18(24)23-16(19(25)26)10-12-4-3-5-17(22-12)21-8-1-2-9-27-13/h1-7,11,16H,8-10H2,(H,21,22)(H,23,24)(H,25,26)/b2-1+/t16-/m0/s1. The van der Waals surface area contributed by atoms with E-state index in [4.69, 9.17) is 16.3 Å². The molecule has 3 N–H and O–H groups in total. The lowest BCUT2D eigenvalue weighted by molar-refractivity contribution is -0.139. The molecular formula is C19H18ClN3O4. The summed E-state index contributed by atoms with van der Waals surface area (Å²) in [6.07, 6.45) is 3.78. The van der Waals surface area contributed by atoms with Gasteiger partial charge in [0, 0.05) is 18.7 Å². The summed E-state index contributed by atoms with van der Waals surface area (Å²) in [5, 5.41) is 15.3. The highest BCUT2D eigenvalue weighted by molar-refractivity contribution is 6.34. The Morgan fingerprint density at radius 2 is 2.11 bits per heavy atom. The zero-order valence-electron chi connectivity index (χ0n) is 14.3. The number of ether oxygens (including phenoxy) is 1. The van der Waals surface area contributed by atoms with Crippen LogP contribution in [0.4, 0.5) is 5.82 Å². The second kappa shape index (κ2) is 8.55. The van der Waals surface area contributed by atoms with Crippen LogP contribution in [0.3, 0.4) is 0 Å². The van der Waals surface area contributed by atoms with Crippen LogP contribution in [0, 0.1) is 0 Å². The number of hydrogen-bond donors (Lipinski definition) is 3. The lowest BCUT2D eigenvalue weighted by atomic mass is 10.1. The number of anilines is 1. The first-order chi connectivity index (χ1) is 13.0. The fourth-order valence-corrected chi connectivity index (χ4v) is 2.77. The number of carbonyl (C=O) groups excluding carboxylic acids is 1. The average molecular weight is 388 g/mol. The molecule has 0 radical (unpaired) electrons. The maximum atomic E-state index is 12.6. The number of rotatable bonds is 1. The summed E-state index contributed by atoms with van der Waals surface area (Å²) in [5.74, 6) is -0.659. The van der Waals surface area contributed by atoms with E-state index < -0.39 is 17.9 Å². The van der Waals surface area contributed by atoms with E-state index >= 15 is 0 Å². The molecular weight excluding hydrogens is 370 g/mol. The van der Waals surface area contributed by atoms with E-state index in [0.717, 1.165) is 0 Å². The van der Waals surface area contributed by atoms with Gasteiger partial charge in [0.1, 0.15) is 24.2 Å². The number of aromatic nitrogens is 1. The Labute approximate surface area is 161 Å². The molecule has 27 heavy (non-hydrogen) atoms. The van der Waals surface area contributed by atoms with Crippen LogP contribution >= 0.6 is 11.6 Å². The fraction of sp³-hybridized carbons (Fsp3) is 0.211. The Morgan fingerprint density at radius 1 is 1.26 bits per heavy atom. The van der Waals surface area contributed by atoms with E-state index in [-0.39, 0.29) is 17.0 Å². The zero-order chi connectivity index (χ0) is 19.2. The monoisotopic (exact) mass is 387 g/mol. The van der Waals surface area contributed by atoms with Gasteiger partial charge in [-0.15, -0.1) is 0 Å². The Balaban J connectivity index is 1.93. The molecule has 4 bridgehead atoms. The van der Waals surface area contributed by atoms with Crippen LogP contribution in [0.15, 0.2) is 48.6 Å². The molecule has 1 aliphatic heterocycles. The highest BCUT2D eigenvalue weighted by atomic mass is 35.5. The van der Waals surface area contributed by atoms with Crippen molar-refractivity contribution in [1.29, 1.82) is 0 Å². The number of amides is 1. The van der Waals surface area contributed by atoms with Crippen molar-refractivity contribution in [2.24, 2.45) is 0 Å². The molecule has 140 valence electrons. The number of aliphatic carboxylic acids is 1. The second-order valence-corrected chi connectivity index (χ2v) is 6.29. The number of carboxylic acids is 1. The first kappa shape index (κ1) is 18.7. The number of fused-ring (bicyclic) bond motifs is 4. The predicted molar refractivity (Wildman–Crippen MR) is 101 cm³/mol. The van der Waals surface area contributed by atoms with E-state index in [9.17, 15) is 14.7 Å². The van der Waals surface area contributed by atoms with Gasteiger partial charge in [-0.2, -0.15) is 0 Å². The minimum atomic E-state index is -1.16. The molecule has 1 aromatic heterocycles. The van der Waals surface area contributed by atoms with Crippen LogP contribution in [0.2, 0.25) is 5.02 Å². The summed E-state index contributed by atoms with van der Waals surface area (Å²) in [6, 6.07) is 8.82. The van der Waals surface area contributed by atoms with Gasteiger partial charge in [-0.25, -0.2) is 9.78 Å². The third kappa shape index (κ3) is 4.98. The van der Waals surface area contributed by atoms with Crippen molar-refractivity contribution in [1.82, 2.24) is 10.3 Å². The maximum Gasteiger partial charge on any atom is 0.326 e. The van der Waals surface area contributed by atoms with Gasteiger partial charge < -0.3 is 20.5 Å². The summed E-state index contributed by atoms with van der Waals surface area (Å²) in [4.78, 5) is 28.6. The molecule has 1 aromatic carbocycles. The molecule has 1 amide bonds. The number of pyridine rings is 1. The summed E-state index contributed by atoms with van der Waals surface area (Å²) in [5.41, 5.74) is 0.701. The van der Waals surface area contributed by atoms with Gasteiger partial charge in [-0.05, 0) is 36.4 Å². The molecule has 0 fully saturated rings. The molecule has 0 saturated heterocycles. The third-order valence-corrected chi connectivity index (χ3v) is 4.25. The SMILES string of the molecule is O=C1N[C@H](C(=O)O)Cc2cccc(n2)NC/C=C/COc2ccc(Cl)c1c2. The van der Waals surface area contributed by atoms with Crippen molar-refractivity contribution < 1.29 is 19.4 Å². The molecule has 0 unspecified atom stereocenters. The second-order valence-electron chi connectivity index (χ2n) is 5.89. The largest absolute Gasteiger partial charge is 0.490 e.